The van der Waals surface area contributed by atoms with Gasteiger partial charge in [0.05, 0.1) is 11.6 Å². The molecule has 1 aromatic heterocycles. The van der Waals surface area contributed by atoms with E-state index < -0.39 is 11.7 Å². The van der Waals surface area contributed by atoms with Crippen molar-refractivity contribution >= 4 is 17.2 Å². The molecule has 31 heavy (non-hydrogen) atoms. The molecule has 1 N–H and O–H groups in total. The smallest absolute Gasteiger partial charge is 0.419 e. The number of rotatable bonds is 4. The van der Waals surface area contributed by atoms with Crippen LogP contribution in [-0.2, 0) is 18.2 Å². The molecule has 6 nitrogen and oxygen atoms in total. The summed E-state index contributed by atoms with van der Waals surface area (Å²) in [5, 5.41) is 2.85. The number of amides is 1. The Kier molecular flexibility index (Phi) is 6.55. The normalized spacial score (nSPS) is 12.2. The van der Waals surface area contributed by atoms with E-state index in [1.165, 1.54) is 4.57 Å². The van der Waals surface area contributed by atoms with Crippen molar-refractivity contribution in [3.63, 3.8) is 0 Å². The molecular weight excluding hydrogens is 392 g/mol. The standard InChI is InChI=1S/C25H28N2O4/c1-6-7-8-20(26-23(28)31-25(2,3)4)15-17-9-11-18(12-10-17)19-13-14-22-21(16-19)27(5)24(29)30-22/h9-14,16,20H,6,15H2,1-5H3,(H,26,28). The van der Waals surface area contributed by atoms with Crippen LogP contribution in [0.3, 0.4) is 0 Å². The SMILES string of the molecule is CCC#CC(Cc1ccc(-c2ccc3oc(=O)n(C)c3c2)cc1)NC(=O)OC(C)(C)C. The minimum Gasteiger partial charge on any atom is -0.444 e. The van der Waals surface area contributed by atoms with Gasteiger partial charge in [0.25, 0.3) is 0 Å². The minimum atomic E-state index is -0.561. The third kappa shape index (κ3) is 5.79. The molecule has 0 spiro atoms. The summed E-state index contributed by atoms with van der Waals surface area (Å²) in [6.45, 7) is 7.46. The van der Waals surface area contributed by atoms with E-state index in [9.17, 15) is 9.59 Å². The molecule has 1 unspecified atom stereocenters. The van der Waals surface area contributed by atoms with Crippen LogP contribution in [0.2, 0.25) is 0 Å². The van der Waals surface area contributed by atoms with Gasteiger partial charge < -0.3 is 14.5 Å². The highest BCUT2D eigenvalue weighted by atomic mass is 16.6. The topological polar surface area (TPSA) is 73.5 Å². The number of ether oxygens (including phenoxy) is 1. The van der Waals surface area contributed by atoms with Crippen LogP contribution in [0, 0.1) is 11.8 Å². The number of carbonyl (C=O) groups excluding carboxylic acids is 1. The quantitative estimate of drug-likeness (QED) is 0.624. The zero-order chi connectivity index (χ0) is 22.6. The number of benzene rings is 2. The van der Waals surface area contributed by atoms with Crippen LogP contribution < -0.4 is 11.1 Å². The summed E-state index contributed by atoms with van der Waals surface area (Å²) in [5.41, 5.74) is 3.82. The zero-order valence-corrected chi connectivity index (χ0v) is 18.6. The molecule has 0 fully saturated rings. The van der Waals surface area contributed by atoms with Gasteiger partial charge in [-0.15, -0.1) is 5.92 Å². The lowest BCUT2D eigenvalue weighted by Crippen LogP contribution is -2.39. The molecule has 0 saturated heterocycles. The Hall–Kier alpha value is -3.46. The number of aryl methyl sites for hydroxylation is 1. The molecule has 1 atom stereocenters. The fourth-order valence-electron chi connectivity index (χ4n) is 3.19. The molecule has 0 bridgehead atoms. The number of oxazole rings is 1. The van der Waals surface area contributed by atoms with Gasteiger partial charge in [-0.05, 0) is 49.6 Å². The third-order valence-corrected chi connectivity index (χ3v) is 4.66. The van der Waals surface area contributed by atoms with Gasteiger partial charge in [-0.25, -0.2) is 9.59 Å². The largest absolute Gasteiger partial charge is 0.444 e. The van der Waals surface area contributed by atoms with Crippen LogP contribution in [0.15, 0.2) is 51.7 Å². The fourth-order valence-corrected chi connectivity index (χ4v) is 3.19. The van der Waals surface area contributed by atoms with E-state index in [1.54, 1.807) is 13.1 Å². The maximum atomic E-state index is 12.2. The minimum absolute atomic E-state index is 0.336. The molecule has 0 aliphatic rings. The molecule has 3 aromatic rings. The molecule has 0 aliphatic heterocycles. The van der Waals surface area contributed by atoms with Gasteiger partial charge in [0.15, 0.2) is 5.58 Å². The number of hydrogen-bond donors (Lipinski definition) is 1. The Bertz CT molecular complexity index is 1180. The second-order valence-electron chi connectivity index (χ2n) is 8.38. The van der Waals surface area contributed by atoms with Crippen molar-refractivity contribution in [3.05, 3.63) is 58.6 Å². The van der Waals surface area contributed by atoms with E-state index in [-0.39, 0.29) is 11.8 Å². The second kappa shape index (κ2) is 9.13. The van der Waals surface area contributed by atoms with E-state index in [2.05, 4.69) is 17.2 Å². The van der Waals surface area contributed by atoms with Crippen molar-refractivity contribution in [1.29, 1.82) is 0 Å². The van der Waals surface area contributed by atoms with E-state index in [1.807, 2.05) is 64.1 Å². The average Bonchev–Trinajstić information content (AvgIpc) is 2.98. The van der Waals surface area contributed by atoms with Crippen LogP contribution >= 0.6 is 0 Å². The summed E-state index contributed by atoms with van der Waals surface area (Å²) >= 11 is 0. The molecule has 0 radical (unpaired) electrons. The van der Waals surface area contributed by atoms with Crippen molar-refractivity contribution in [1.82, 2.24) is 9.88 Å². The second-order valence-corrected chi connectivity index (χ2v) is 8.38. The number of carbonyl (C=O) groups is 1. The van der Waals surface area contributed by atoms with Gasteiger partial charge in [0.2, 0.25) is 0 Å². The van der Waals surface area contributed by atoms with Crippen LogP contribution in [0.5, 0.6) is 0 Å². The molecule has 3 rings (SSSR count). The molecule has 1 amide bonds. The summed E-state index contributed by atoms with van der Waals surface area (Å²) in [4.78, 5) is 23.9. The Morgan fingerprint density at radius 2 is 1.84 bits per heavy atom. The van der Waals surface area contributed by atoms with E-state index >= 15 is 0 Å². The summed E-state index contributed by atoms with van der Waals surface area (Å²) in [7, 11) is 1.69. The van der Waals surface area contributed by atoms with Gasteiger partial charge in [-0.3, -0.25) is 4.57 Å². The van der Waals surface area contributed by atoms with Crippen molar-refractivity contribution in [3.8, 4) is 23.0 Å². The number of fused-ring (bicyclic) bond motifs is 1. The number of nitrogens with zero attached hydrogens (tertiary/aromatic N) is 1. The summed E-state index contributed by atoms with van der Waals surface area (Å²) in [6, 6.07) is 13.4. The highest BCUT2D eigenvalue weighted by Gasteiger charge is 2.19. The fraction of sp³-hybridized carbons (Fsp3) is 0.360. The molecule has 6 heteroatoms. The van der Waals surface area contributed by atoms with Gasteiger partial charge in [0.1, 0.15) is 5.60 Å². The third-order valence-electron chi connectivity index (χ3n) is 4.66. The monoisotopic (exact) mass is 420 g/mol. The van der Waals surface area contributed by atoms with Crippen molar-refractivity contribution in [2.45, 2.75) is 52.2 Å². The molecule has 2 aromatic carbocycles. The van der Waals surface area contributed by atoms with Crippen LogP contribution in [0.25, 0.3) is 22.2 Å². The predicted molar refractivity (Wildman–Crippen MR) is 122 cm³/mol. The Balaban J connectivity index is 1.76. The molecule has 162 valence electrons. The first-order valence-corrected chi connectivity index (χ1v) is 10.3. The van der Waals surface area contributed by atoms with E-state index in [0.29, 0.717) is 18.4 Å². The lowest BCUT2D eigenvalue weighted by molar-refractivity contribution is 0.0516. The van der Waals surface area contributed by atoms with E-state index in [4.69, 9.17) is 9.15 Å². The summed E-state index contributed by atoms with van der Waals surface area (Å²) < 4.78 is 12.0. The number of hydrogen-bond acceptors (Lipinski definition) is 4. The van der Waals surface area contributed by atoms with Gasteiger partial charge in [0, 0.05) is 19.9 Å². The van der Waals surface area contributed by atoms with Crippen LogP contribution in [0.1, 0.15) is 39.7 Å². The number of alkyl carbamates (subject to hydrolysis) is 1. The Morgan fingerprint density at radius 3 is 2.48 bits per heavy atom. The van der Waals surface area contributed by atoms with E-state index in [0.717, 1.165) is 22.2 Å². The average molecular weight is 421 g/mol. The van der Waals surface area contributed by atoms with Crippen LogP contribution in [0.4, 0.5) is 4.79 Å². The first-order valence-electron chi connectivity index (χ1n) is 10.3. The maximum absolute atomic E-state index is 12.2. The predicted octanol–water partition coefficient (Wildman–Crippen LogP) is 4.65. The highest BCUT2D eigenvalue weighted by molar-refractivity contribution is 5.80. The number of nitrogens with one attached hydrogen (secondary N) is 1. The maximum Gasteiger partial charge on any atom is 0.419 e. The van der Waals surface area contributed by atoms with Gasteiger partial charge in [-0.2, -0.15) is 0 Å². The van der Waals surface area contributed by atoms with Crippen molar-refractivity contribution in [2.24, 2.45) is 7.05 Å². The number of aromatic nitrogens is 1. The Labute approximate surface area is 182 Å². The van der Waals surface area contributed by atoms with Crippen molar-refractivity contribution in [2.75, 3.05) is 0 Å². The Morgan fingerprint density at radius 1 is 1.16 bits per heavy atom. The van der Waals surface area contributed by atoms with Gasteiger partial charge >= 0.3 is 11.8 Å². The zero-order valence-electron chi connectivity index (χ0n) is 18.6. The van der Waals surface area contributed by atoms with Crippen LogP contribution in [-0.4, -0.2) is 22.3 Å². The molecule has 1 heterocycles. The first kappa shape index (κ1) is 22.2. The molecular formula is C25H28N2O4. The molecule has 0 aliphatic carbocycles. The summed E-state index contributed by atoms with van der Waals surface area (Å²) in [6.07, 6.45) is 0.810. The molecule has 0 saturated carbocycles. The van der Waals surface area contributed by atoms with Crippen molar-refractivity contribution < 1.29 is 13.9 Å². The van der Waals surface area contributed by atoms with Gasteiger partial charge in [-0.1, -0.05) is 43.2 Å². The first-order chi connectivity index (χ1) is 14.7. The summed E-state index contributed by atoms with van der Waals surface area (Å²) in [5.74, 6) is 5.77. The lowest BCUT2D eigenvalue weighted by Gasteiger charge is -2.21. The lowest BCUT2D eigenvalue weighted by atomic mass is 10.0. The highest BCUT2D eigenvalue weighted by Crippen LogP contribution is 2.24.